The van der Waals surface area contributed by atoms with Crippen molar-refractivity contribution in [2.75, 3.05) is 0 Å². The summed E-state index contributed by atoms with van der Waals surface area (Å²) in [5.74, 6) is 0.274. The molecular weight excluding hydrogens is 194 g/mol. The van der Waals surface area contributed by atoms with Crippen LogP contribution in [0.25, 0.3) is 0 Å². The molecule has 0 heterocycles. The Kier molecular flexibility index (Phi) is 3.37. The van der Waals surface area contributed by atoms with E-state index in [-0.39, 0.29) is 11.7 Å². The van der Waals surface area contributed by atoms with E-state index in [0.29, 0.717) is 0 Å². The molecule has 0 radical (unpaired) electrons. The average Bonchev–Trinajstić information content (AvgIpc) is 2.80. The molecule has 1 unspecified atom stereocenters. The molecule has 1 aliphatic rings. The molecule has 0 aromatic heterocycles. The van der Waals surface area contributed by atoms with Gasteiger partial charge in [-0.2, -0.15) is 0 Å². The number of hydrogen-bond acceptors (Lipinski definition) is 3. The van der Waals surface area contributed by atoms with Crippen LogP contribution in [0, 0.1) is 5.92 Å². The van der Waals surface area contributed by atoms with E-state index >= 15 is 0 Å². The van der Waals surface area contributed by atoms with Crippen LogP contribution in [0.5, 0.6) is 0 Å². The predicted octanol–water partition coefficient (Wildman–Crippen LogP) is 1.88. The molecule has 0 spiro atoms. The maximum absolute atomic E-state index is 11.5. The summed E-state index contributed by atoms with van der Waals surface area (Å²) in [5, 5.41) is 2.55. The molecule has 1 N–H and O–H groups in total. The monoisotopic (exact) mass is 213 g/mol. The first-order valence-electron chi connectivity index (χ1n) is 5.33. The van der Waals surface area contributed by atoms with Crippen LogP contribution >= 0.6 is 0 Å². The number of nitrogens with one attached hydrogen (secondary N) is 1. The van der Waals surface area contributed by atoms with Gasteiger partial charge in [-0.05, 0) is 40.5 Å². The van der Waals surface area contributed by atoms with Crippen molar-refractivity contribution in [3.63, 3.8) is 0 Å². The van der Waals surface area contributed by atoms with Crippen LogP contribution in [0.15, 0.2) is 0 Å². The SMILES string of the molecule is CC(NC(=O)OC(C)(C)C)C(=O)C1CC1. The highest BCUT2D eigenvalue weighted by molar-refractivity contribution is 5.90. The highest BCUT2D eigenvalue weighted by Gasteiger charge is 2.33. The minimum atomic E-state index is -0.524. The third kappa shape index (κ3) is 4.32. The summed E-state index contributed by atoms with van der Waals surface area (Å²) >= 11 is 0. The normalized spacial score (nSPS) is 18.1. The number of carbonyl (C=O) groups excluding carboxylic acids is 2. The van der Waals surface area contributed by atoms with Gasteiger partial charge in [0, 0.05) is 5.92 Å². The average molecular weight is 213 g/mol. The standard InChI is InChI=1S/C11H19NO3/c1-7(9(13)8-5-6-8)12-10(14)15-11(2,3)4/h7-8H,5-6H2,1-4H3,(H,12,14). The van der Waals surface area contributed by atoms with E-state index in [1.54, 1.807) is 27.7 Å². The Balaban J connectivity index is 2.33. The molecule has 1 aliphatic carbocycles. The molecule has 1 amide bonds. The van der Waals surface area contributed by atoms with Gasteiger partial charge in [0.15, 0.2) is 5.78 Å². The van der Waals surface area contributed by atoms with Gasteiger partial charge in [0.1, 0.15) is 5.60 Å². The van der Waals surface area contributed by atoms with Crippen molar-refractivity contribution in [3.8, 4) is 0 Å². The molecular formula is C11H19NO3. The molecule has 0 aliphatic heterocycles. The Bertz CT molecular complexity index is 263. The minimum Gasteiger partial charge on any atom is -0.444 e. The second-order valence-corrected chi connectivity index (χ2v) is 5.04. The molecule has 0 saturated heterocycles. The number of alkyl carbamates (subject to hydrolysis) is 1. The van der Waals surface area contributed by atoms with Crippen molar-refractivity contribution in [1.29, 1.82) is 0 Å². The first-order chi connectivity index (χ1) is 6.79. The molecule has 1 rings (SSSR count). The molecule has 0 aromatic carbocycles. The van der Waals surface area contributed by atoms with Gasteiger partial charge >= 0.3 is 6.09 Å². The zero-order valence-electron chi connectivity index (χ0n) is 9.79. The Morgan fingerprint density at radius 3 is 2.27 bits per heavy atom. The number of carbonyl (C=O) groups is 2. The van der Waals surface area contributed by atoms with E-state index in [1.807, 2.05) is 0 Å². The van der Waals surface area contributed by atoms with Gasteiger partial charge in [0.2, 0.25) is 0 Å². The van der Waals surface area contributed by atoms with E-state index in [4.69, 9.17) is 4.74 Å². The number of rotatable bonds is 3. The van der Waals surface area contributed by atoms with E-state index in [0.717, 1.165) is 12.8 Å². The summed E-state index contributed by atoms with van der Waals surface area (Å²) in [7, 11) is 0. The fraction of sp³-hybridized carbons (Fsp3) is 0.818. The van der Waals surface area contributed by atoms with Gasteiger partial charge in [-0.25, -0.2) is 4.79 Å². The fourth-order valence-corrected chi connectivity index (χ4v) is 1.28. The van der Waals surface area contributed by atoms with Gasteiger partial charge in [-0.1, -0.05) is 0 Å². The summed E-state index contributed by atoms with van der Waals surface area (Å²) in [6, 6.07) is -0.438. The summed E-state index contributed by atoms with van der Waals surface area (Å²) in [6.45, 7) is 7.07. The van der Waals surface area contributed by atoms with Crippen molar-refractivity contribution >= 4 is 11.9 Å². The number of ether oxygens (including phenoxy) is 1. The Hall–Kier alpha value is -1.06. The summed E-state index contributed by atoms with van der Waals surface area (Å²) in [6.07, 6.45) is 1.39. The lowest BCUT2D eigenvalue weighted by Crippen LogP contribution is -2.42. The maximum atomic E-state index is 11.5. The van der Waals surface area contributed by atoms with Crippen molar-refractivity contribution in [1.82, 2.24) is 5.32 Å². The molecule has 1 fully saturated rings. The molecule has 4 nitrogen and oxygen atoms in total. The highest BCUT2D eigenvalue weighted by Crippen LogP contribution is 2.30. The smallest absolute Gasteiger partial charge is 0.408 e. The van der Waals surface area contributed by atoms with E-state index in [2.05, 4.69) is 5.32 Å². The second-order valence-electron chi connectivity index (χ2n) is 5.04. The molecule has 1 saturated carbocycles. The van der Waals surface area contributed by atoms with Gasteiger partial charge in [0.05, 0.1) is 6.04 Å². The van der Waals surface area contributed by atoms with Gasteiger partial charge in [-0.15, -0.1) is 0 Å². The number of Topliss-reactive ketones (excluding diaryl/α,β-unsaturated/α-hetero) is 1. The molecule has 4 heteroatoms. The largest absolute Gasteiger partial charge is 0.444 e. The van der Waals surface area contributed by atoms with Crippen LogP contribution in [0.4, 0.5) is 4.79 Å². The summed E-state index contributed by atoms with van der Waals surface area (Å²) in [5.41, 5.74) is -0.521. The Morgan fingerprint density at radius 2 is 1.87 bits per heavy atom. The first kappa shape index (κ1) is 12.0. The molecule has 15 heavy (non-hydrogen) atoms. The van der Waals surface area contributed by atoms with Gasteiger partial charge in [-0.3, -0.25) is 4.79 Å². The minimum absolute atomic E-state index is 0.112. The lowest BCUT2D eigenvalue weighted by molar-refractivity contribution is -0.121. The zero-order valence-corrected chi connectivity index (χ0v) is 9.79. The molecule has 0 bridgehead atoms. The zero-order chi connectivity index (χ0) is 11.6. The van der Waals surface area contributed by atoms with Crippen LogP contribution in [-0.2, 0) is 9.53 Å². The van der Waals surface area contributed by atoms with Crippen LogP contribution in [-0.4, -0.2) is 23.5 Å². The summed E-state index contributed by atoms with van der Waals surface area (Å²) < 4.78 is 5.06. The van der Waals surface area contributed by atoms with Gasteiger partial charge in [0.25, 0.3) is 0 Å². The topological polar surface area (TPSA) is 55.4 Å². The molecule has 86 valence electrons. The van der Waals surface area contributed by atoms with E-state index in [9.17, 15) is 9.59 Å². The number of hydrogen-bond donors (Lipinski definition) is 1. The van der Waals surface area contributed by atoms with Crippen LogP contribution < -0.4 is 5.32 Å². The van der Waals surface area contributed by atoms with Crippen LogP contribution in [0.3, 0.4) is 0 Å². The van der Waals surface area contributed by atoms with Crippen molar-refractivity contribution < 1.29 is 14.3 Å². The van der Waals surface area contributed by atoms with Crippen molar-refractivity contribution in [2.24, 2.45) is 5.92 Å². The van der Waals surface area contributed by atoms with Crippen molar-refractivity contribution in [3.05, 3.63) is 0 Å². The first-order valence-corrected chi connectivity index (χ1v) is 5.33. The Labute approximate surface area is 90.4 Å². The van der Waals surface area contributed by atoms with Gasteiger partial charge < -0.3 is 10.1 Å². The number of ketones is 1. The van der Waals surface area contributed by atoms with Crippen molar-refractivity contribution in [2.45, 2.75) is 52.2 Å². The third-order valence-corrected chi connectivity index (χ3v) is 2.14. The number of amides is 1. The lowest BCUT2D eigenvalue weighted by Gasteiger charge is -2.21. The third-order valence-electron chi connectivity index (χ3n) is 2.14. The second kappa shape index (κ2) is 4.21. The lowest BCUT2D eigenvalue weighted by atomic mass is 10.1. The van der Waals surface area contributed by atoms with E-state index < -0.39 is 17.7 Å². The molecule has 1 atom stereocenters. The quantitative estimate of drug-likeness (QED) is 0.778. The fourth-order valence-electron chi connectivity index (χ4n) is 1.28. The maximum Gasteiger partial charge on any atom is 0.408 e. The predicted molar refractivity (Wildman–Crippen MR) is 56.6 cm³/mol. The van der Waals surface area contributed by atoms with E-state index in [1.165, 1.54) is 0 Å². The molecule has 0 aromatic rings. The summed E-state index contributed by atoms with van der Waals surface area (Å²) in [4.78, 5) is 22.9. The highest BCUT2D eigenvalue weighted by atomic mass is 16.6. The Morgan fingerprint density at radius 1 is 1.33 bits per heavy atom. The van der Waals surface area contributed by atoms with Crippen LogP contribution in [0.2, 0.25) is 0 Å². The van der Waals surface area contributed by atoms with Crippen LogP contribution in [0.1, 0.15) is 40.5 Å².